The largest absolute Gasteiger partial charge is 0.489 e. The minimum atomic E-state index is -0.651. The van der Waals surface area contributed by atoms with E-state index >= 15 is 0 Å². The molecule has 1 N–H and O–H groups in total. The minimum absolute atomic E-state index is 0.184. The van der Waals surface area contributed by atoms with E-state index in [1.165, 1.54) is 16.5 Å². The fourth-order valence-electron chi connectivity index (χ4n) is 5.64. The summed E-state index contributed by atoms with van der Waals surface area (Å²) in [5, 5.41) is 2.34. The van der Waals surface area contributed by atoms with Crippen molar-refractivity contribution in [3.63, 3.8) is 0 Å². The van der Waals surface area contributed by atoms with Gasteiger partial charge in [0.1, 0.15) is 24.2 Å². The van der Waals surface area contributed by atoms with Crippen LogP contribution >= 0.6 is 0 Å². The van der Waals surface area contributed by atoms with Crippen LogP contribution in [0.15, 0.2) is 66.7 Å². The number of benzene rings is 3. The second-order valence-corrected chi connectivity index (χ2v) is 10.8. The molecule has 2 heterocycles. The molecule has 0 saturated carbocycles. The first kappa shape index (κ1) is 28.5. The number of hydrogen-bond donors (Lipinski definition) is 1. The fourth-order valence-corrected chi connectivity index (χ4v) is 5.64. The highest BCUT2D eigenvalue weighted by atomic mass is 19.1. The second-order valence-electron chi connectivity index (χ2n) is 10.8. The summed E-state index contributed by atoms with van der Waals surface area (Å²) in [6.45, 7) is 5.61. The highest BCUT2D eigenvalue weighted by Crippen LogP contribution is 2.34. The average molecular weight is 558 g/mol. The molecule has 1 fully saturated rings. The van der Waals surface area contributed by atoms with Crippen molar-refractivity contribution in [1.82, 2.24) is 15.1 Å². The summed E-state index contributed by atoms with van der Waals surface area (Å²) in [7, 11) is 0. The summed E-state index contributed by atoms with van der Waals surface area (Å²) in [4.78, 5) is 40.9. The van der Waals surface area contributed by atoms with Gasteiger partial charge < -0.3 is 9.64 Å². The van der Waals surface area contributed by atoms with E-state index in [0.29, 0.717) is 24.3 Å². The molecule has 1 unspecified atom stereocenters. The van der Waals surface area contributed by atoms with Crippen LogP contribution in [0.1, 0.15) is 65.2 Å². The molecular weight excluding hydrogens is 521 g/mol. The van der Waals surface area contributed by atoms with Gasteiger partial charge in [-0.3, -0.25) is 24.6 Å². The molecule has 0 aromatic heterocycles. The number of piperidine rings is 1. The number of amides is 3. The number of imide groups is 1. The van der Waals surface area contributed by atoms with Gasteiger partial charge in [0.05, 0.1) is 6.54 Å². The van der Waals surface area contributed by atoms with Gasteiger partial charge >= 0.3 is 0 Å². The standard InChI is InChI=1S/C33H36FN3O4/c1-2-17-36(18-5-7-23-6-3-8-26(34)19-23)20-24-11-13-25(14-12-24)22-41-30-10-4-9-27-28(30)21-37(33(27)40)29-15-16-31(38)35-32(29)39/h3-4,6,8-14,19,29H,2,5,7,15-18,20-22H2,1H3,(H,35,38,39). The lowest BCUT2D eigenvalue weighted by Gasteiger charge is -2.29. The van der Waals surface area contributed by atoms with Crippen molar-refractivity contribution in [3.05, 3.63) is 100 Å². The average Bonchev–Trinajstić information content (AvgIpc) is 3.29. The van der Waals surface area contributed by atoms with Crippen molar-refractivity contribution in [2.24, 2.45) is 0 Å². The molecule has 8 heteroatoms. The topological polar surface area (TPSA) is 79.0 Å². The Balaban J connectivity index is 1.15. The zero-order chi connectivity index (χ0) is 28.8. The lowest BCUT2D eigenvalue weighted by atomic mass is 10.0. The number of halogens is 1. The van der Waals surface area contributed by atoms with Gasteiger partial charge in [-0.2, -0.15) is 0 Å². The van der Waals surface area contributed by atoms with Crippen LogP contribution in [-0.4, -0.2) is 46.7 Å². The third kappa shape index (κ3) is 7.00. The fraction of sp³-hybridized carbons (Fsp3) is 0.364. The van der Waals surface area contributed by atoms with E-state index in [2.05, 4.69) is 41.4 Å². The van der Waals surface area contributed by atoms with Gasteiger partial charge in [0.25, 0.3) is 5.91 Å². The van der Waals surface area contributed by atoms with Crippen LogP contribution in [0.2, 0.25) is 0 Å². The van der Waals surface area contributed by atoms with Crippen molar-refractivity contribution < 1.29 is 23.5 Å². The maximum absolute atomic E-state index is 13.5. The monoisotopic (exact) mass is 557 g/mol. The van der Waals surface area contributed by atoms with Crippen LogP contribution in [0.25, 0.3) is 0 Å². The summed E-state index contributed by atoms with van der Waals surface area (Å²) in [6, 6.07) is 20.0. The van der Waals surface area contributed by atoms with Crippen LogP contribution in [0.5, 0.6) is 5.75 Å². The summed E-state index contributed by atoms with van der Waals surface area (Å²) < 4.78 is 19.6. The molecule has 3 amide bonds. The molecule has 214 valence electrons. The van der Waals surface area contributed by atoms with E-state index in [0.717, 1.165) is 55.6 Å². The SMILES string of the molecule is CCCN(CCCc1cccc(F)c1)Cc1ccc(COc2cccc3c2CN(C2CCC(=O)NC2=O)C3=O)cc1. The number of nitrogens with one attached hydrogen (secondary N) is 1. The smallest absolute Gasteiger partial charge is 0.255 e. The van der Waals surface area contributed by atoms with E-state index in [1.807, 2.05) is 12.1 Å². The van der Waals surface area contributed by atoms with Crippen molar-refractivity contribution in [1.29, 1.82) is 0 Å². The number of aryl methyl sites for hydroxylation is 1. The lowest BCUT2D eigenvalue weighted by Crippen LogP contribution is -2.52. The third-order valence-electron chi connectivity index (χ3n) is 7.73. The second kappa shape index (κ2) is 13.1. The van der Waals surface area contributed by atoms with Gasteiger partial charge in [-0.1, -0.05) is 49.4 Å². The molecule has 0 radical (unpaired) electrons. The molecule has 0 bridgehead atoms. The van der Waals surface area contributed by atoms with Crippen LogP contribution in [0, 0.1) is 5.82 Å². The molecule has 2 aliphatic rings. The molecule has 0 aliphatic carbocycles. The quantitative estimate of drug-likeness (QED) is 0.317. The maximum Gasteiger partial charge on any atom is 0.255 e. The van der Waals surface area contributed by atoms with Gasteiger partial charge in [-0.25, -0.2) is 4.39 Å². The Labute approximate surface area is 240 Å². The van der Waals surface area contributed by atoms with Crippen LogP contribution < -0.4 is 10.1 Å². The van der Waals surface area contributed by atoms with Gasteiger partial charge in [0.2, 0.25) is 11.8 Å². The number of carbonyl (C=O) groups is 3. The Hall–Kier alpha value is -4.04. The normalized spacial score (nSPS) is 16.7. The first-order valence-corrected chi connectivity index (χ1v) is 14.3. The first-order valence-electron chi connectivity index (χ1n) is 14.3. The molecule has 1 atom stereocenters. The van der Waals surface area contributed by atoms with Gasteiger partial charge in [0.15, 0.2) is 0 Å². The molecule has 2 aliphatic heterocycles. The number of ether oxygens (including phenoxy) is 1. The van der Waals surface area contributed by atoms with Gasteiger partial charge in [0, 0.05) is 24.1 Å². The number of fused-ring (bicyclic) bond motifs is 1. The third-order valence-corrected chi connectivity index (χ3v) is 7.73. The molecule has 3 aromatic carbocycles. The molecule has 1 saturated heterocycles. The van der Waals surface area contributed by atoms with Crippen molar-refractivity contribution in [3.8, 4) is 5.75 Å². The summed E-state index contributed by atoms with van der Waals surface area (Å²) >= 11 is 0. The van der Waals surface area contributed by atoms with Crippen LogP contribution in [0.3, 0.4) is 0 Å². The molecule has 3 aromatic rings. The van der Waals surface area contributed by atoms with E-state index < -0.39 is 11.9 Å². The van der Waals surface area contributed by atoms with Crippen molar-refractivity contribution >= 4 is 17.7 Å². The maximum atomic E-state index is 13.5. The number of carbonyl (C=O) groups excluding carboxylic acids is 3. The summed E-state index contributed by atoms with van der Waals surface area (Å²) in [6.07, 6.45) is 3.45. The highest BCUT2D eigenvalue weighted by molar-refractivity contribution is 6.05. The summed E-state index contributed by atoms with van der Waals surface area (Å²) in [5.41, 5.74) is 4.58. The molecule has 5 rings (SSSR count). The van der Waals surface area contributed by atoms with Crippen LogP contribution in [0.4, 0.5) is 4.39 Å². The predicted octanol–water partition coefficient (Wildman–Crippen LogP) is 5.01. The minimum Gasteiger partial charge on any atom is -0.489 e. The summed E-state index contributed by atoms with van der Waals surface area (Å²) in [5.74, 6) is -0.492. The Morgan fingerprint density at radius 2 is 1.76 bits per heavy atom. The van der Waals surface area contributed by atoms with E-state index in [4.69, 9.17) is 4.74 Å². The number of rotatable bonds is 12. The van der Waals surface area contributed by atoms with Crippen LogP contribution in [-0.2, 0) is 35.7 Å². The van der Waals surface area contributed by atoms with E-state index in [9.17, 15) is 18.8 Å². The lowest BCUT2D eigenvalue weighted by molar-refractivity contribution is -0.136. The number of nitrogens with zero attached hydrogens (tertiary/aromatic N) is 2. The Kier molecular flexibility index (Phi) is 9.09. The Morgan fingerprint density at radius 1 is 0.976 bits per heavy atom. The Bertz CT molecular complexity index is 1410. The van der Waals surface area contributed by atoms with E-state index in [-0.39, 0.29) is 30.6 Å². The molecule has 7 nitrogen and oxygen atoms in total. The zero-order valence-electron chi connectivity index (χ0n) is 23.4. The van der Waals surface area contributed by atoms with E-state index in [1.54, 1.807) is 24.3 Å². The molecular formula is C33H36FN3O4. The molecule has 0 spiro atoms. The van der Waals surface area contributed by atoms with Gasteiger partial charge in [-0.05, 0) is 79.7 Å². The molecule has 41 heavy (non-hydrogen) atoms. The van der Waals surface area contributed by atoms with Crippen molar-refractivity contribution in [2.45, 2.75) is 64.8 Å². The Morgan fingerprint density at radius 3 is 2.51 bits per heavy atom. The first-order chi connectivity index (χ1) is 19.9. The van der Waals surface area contributed by atoms with Gasteiger partial charge in [-0.15, -0.1) is 0 Å². The van der Waals surface area contributed by atoms with Crippen molar-refractivity contribution in [2.75, 3.05) is 13.1 Å². The predicted molar refractivity (Wildman–Crippen MR) is 154 cm³/mol. The highest BCUT2D eigenvalue weighted by Gasteiger charge is 2.40. The number of hydrogen-bond acceptors (Lipinski definition) is 5. The zero-order valence-corrected chi connectivity index (χ0v) is 23.4.